The Morgan fingerprint density at radius 2 is 2.10 bits per heavy atom. The highest BCUT2D eigenvalue weighted by Gasteiger charge is 2.32. The Labute approximate surface area is 173 Å². The average Bonchev–Trinajstić information content (AvgIpc) is 3.50. The number of amides is 2. The van der Waals surface area contributed by atoms with Crippen LogP contribution in [0.25, 0.3) is 0 Å². The lowest BCUT2D eigenvalue weighted by Crippen LogP contribution is -2.47. The lowest BCUT2D eigenvalue weighted by atomic mass is 10.0. The van der Waals surface area contributed by atoms with Crippen LogP contribution in [0.5, 0.6) is 5.75 Å². The molecular weight excluding hydrogens is 370 g/mol. The Morgan fingerprint density at radius 1 is 1.38 bits per heavy atom. The molecule has 1 fully saturated rings. The van der Waals surface area contributed by atoms with Crippen molar-refractivity contribution in [1.82, 2.24) is 9.80 Å². The standard InChI is InChI=1S/C22H33N3O4/c1-14-11-25(15(2)13-26)21(27)10-17-9-18(23-22(28)16-5-6-16)7-8-19(17)29-20(14)12-24(3)4/h7-9,14-16,20,26H,5-6,10-13H2,1-4H3,(H,23,28)/t14-,15+,20-/m0/s1. The molecule has 29 heavy (non-hydrogen) atoms. The maximum absolute atomic E-state index is 13.1. The van der Waals surface area contributed by atoms with Gasteiger partial charge in [-0.2, -0.15) is 0 Å². The molecule has 2 N–H and O–H groups in total. The number of benzene rings is 1. The number of rotatable bonds is 6. The van der Waals surface area contributed by atoms with Crippen molar-refractivity contribution in [1.29, 1.82) is 0 Å². The summed E-state index contributed by atoms with van der Waals surface area (Å²) in [5.41, 5.74) is 1.45. The Hall–Kier alpha value is -2.12. The first-order chi connectivity index (χ1) is 13.8. The smallest absolute Gasteiger partial charge is 0.227 e. The molecule has 0 bridgehead atoms. The summed E-state index contributed by atoms with van der Waals surface area (Å²) in [6.07, 6.45) is 1.95. The van der Waals surface area contributed by atoms with Crippen LogP contribution in [-0.4, -0.2) is 72.7 Å². The number of nitrogens with zero attached hydrogens (tertiary/aromatic N) is 2. The molecule has 2 aliphatic rings. The fourth-order valence-electron chi connectivity index (χ4n) is 3.67. The fraction of sp³-hybridized carbons (Fsp3) is 0.636. The van der Waals surface area contributed by atoms with Crippen LogP contribution in [0, 0.1) is 11.8 Å². The van der Waals surface area contributed by atoms with E-state index in [4.69, 9.17) is 4.74 Å². The normalized spacial score (nSPS) is 23.5. The Kier molecular flexibility index (Phi) is 6.80. The molecule has 0 spiro atoms. The van der Waals surface area contributed by atoms with E-state index in [9.17, 15) is 14.7 Å². The second kappa shape index (κ2) is 9.13. The van der Waals surface area contributed by atoms with Crippen LogP contribution >= 0.6 is 0 Å². The van der Waals surface area contributed by atoms with E-state index in [0.29, 0.717) is 18.0 Å². The molecule has 1 heterocycles. The van der Waals surface area contributed by atoms with Crippen molar-refractivity contribution in [2.24, 2.45) is 11.8 Å². The lowest BCUT2D eigenvalue weighted by Gasteiger charge is -2.33. The molecule has 7 heteroatoms. The highest BCUT2D eigenvalue weighted by atomic mass is 16.5. The number of nitrogens with one attached hydrogen (secondary N) is 1. The Morgan fingerprint density at radius 3 is 2.72 bits per heavy atom. The molecule has 160 valence electrons. The molecule has 3 atom stereocenters. The molecule has 1 saturated carbocycles. The molecule has 7 nitrogen and oxygen atoms in total. The molecule has 2 amide bonds. The first kappa shape index (κ1) is 21.6. The molecule has 0 aromatic heterocycles. The second-order valence-electron chi connectivity index (χ2n) is 8.74. The zero-order valence-electron chi connectivity index (χ0n) is 17.9. The molecule has 1 aromatic rings. The van der Waals surface area contributed by atoms with Gasteiger partial charge >= 0.3 is 0 Å². The SMILES string of the molecule is C[C@H](CO)N1C[C@H](C)[C@H](CN(C)C)Oc2ccc(NC(=O)C3CC3)cc2CC1=O. The number of hydrogen-bond donors (Lipinski definition) is 2. The van der Waals surface area contributed by atoms with Crippen molar-refractivity contribution in [3.8, 4) is 5.75 Å². The van der Waals surface area contributed by atoms with Crippen LogP contribution in [0.3, 0.4) is 0 Å². The van der Waals surface area contributed by atoms with E-state index >= 15 is 0 Å². The van der Waals surface area contributed by atoms with Gasteiger partial charge in [0.2, 0.25) is 11.8 Å². The fourth-order valence-corrected chi connectivity index (χ4v) is 3.67. The predicted octanol–water partition coefficient (Wildman–Crippen LogP) is 1.75. The van der Waals surface area contributed by atoms with Crippen molar-refractivity contribution < 1.29 is 19.4 Å². The van der Waals surface area contributed by atoms with Gasteiger partial charge in [-0.05, 0) is 52.1 Å². The van der Waals surface area contributed by atoms with Crippen molar-refractivity contribution in [2.45, 2.75) is 45.3 Å². The summed E-state index contributed by atoms with van der Waals surface area (Å²) in [5.74, 6) is 0.883. The monoisotopic (exact) mass is 403 g/mol. The van der Waals surface area contributed by atoms with Gasteiger partial charge < -0.3 is 25.0 Å². The van der Waals surface area contributed by atoms with Crippen LogP contribution in [0.4, 0.5) is 5.69 Å². The quantitative estimate of drug-likeness (QED) is 0.756. The van der Waals surface area contributed by atoms with Gasteiger partial charge in [-0.25, -0.2) is 0 Å². The first-order valence-corrected chi connectivity index (χ1v) is 10.4. The number of anilines is 1. The summed E-state index contributed by atoms with van der Waals surface area (Å²) in [6, 6.07) is 5.28. The number of hydrogen-bond acceptors (Lipinski definition) is 5. The number of fused-ring (bicyclic) bond motifs is 1. The molecule has 1 aliphatic heterocycles. The van der Waals surface area contributed by atoms with E-state index in [-0.39, 0.29) is 48.8 Å². The molecule has 0 saturated heterocycles. The number of carbonyl (C=O) groups is 2. The van der Waals surface area contributed by atoms with E-state index in [1.54, 1.807) is 4.90 Å². The summed E-state index contributed by atoms with van der Waals surface area (Å²) in [6.45, 7) is 5.10. The van der Waals surface area contributed by atoms with Gasteiger partial charge in [0.05, 0.1) is 19.1 Å². The van der Waals surface area contributed by atoms with Crippen molar-refractivity contribution in [3.05, 3.63) is 23.8 Å². The van der Waals surface area contributed by atoms with Crippen molar-refractivity contribution in [2.75, 3.05) is 39.1 Å². The second-order valence-corrected chi connectivity index (χ2v) is 8.74. The minimum atomic E-state index is -0.260. The summed E-state index contributed by atoms with van der Waals surface area (Å²) in [5, 5.41) is 12.6. The highest BCUT2D eigenvalue weighted by molar-refractivity contribution is 5.94. The number of likely N-dealkylation sites (N-methyl/N-ethyl adjacent to an activating group) is 1. The number of aliphatic hydroxyl groups excluding tert-OH is 1. The van der Waals surface area contributed by atoms with Crippen molar-refractivity contribution >= 4 is 17.5 Å². The van der Waals surface area contributed by atoms with Crippen LogP contribution in [0.15, 0.2) is 18.2 Å². The highest BCUT2D eigenvalue weighted by Crippen LogP contribution is 2.32. The van der Waals surface area contributed by atoms with Gasteiger partial charge in [0, 0.05) is 36.2 Å². The first-order valence-electron chi connectivity index (χ1n) is 10.4. The average molecular weight is 404 g/mol. The van der Waals surface area contributed by atoms with Gasteiger partial charge in [0.25, 0.3) is 0 Å². The van der Waals surface area contributed by atoms with Crippen molar-refractivity contribution in [3.63, 3.8) is 0 Å². The number of aliphatic hydroxyl groups is 1. The van der Waals surface area contributed by atoms with Gasteiger partial charge in [0.1, 0.15) is 11.9 Å². The van der Waals surface area contributed by atoms with Gasteiger partial charge in [0.15, 0.2) is 0 Å². The number of carbonyl (C=O) groups excluding carboxylic acids is 2. The molecule has 1 aliphatic carbocycles. The third-order valence-electron chi connectivity index (χ3n) is 5.68. The maximum Gasteiger partial charge on any atom is 0.227 e. The van der Waals surface area contributed by atoms with Crippen LogP contribution < -0.4 is 10.1 Å². The molecule has 0 unspecified atom stereocenters. The minimum Gasteiger partial charge on any atom is -0.488 e. The van der Waals surface area contributed by atoms with E-state index in [0.717, 1.165) is 24.9 Å². The lowest BCUT2D eigenvalue weighted by molar-refractivity contribution is -0.134. The van der Waals surface area contributed by atoms with E-state index in [2.05, 4.69) is 17.1 Å². The summed E-state index contributed by atoms with van der Waals surface area (Å²) < 4.78 is 6.37. The zero-order chi connectivity index (χ0) is 21.1. The van der Waals surface area contributed by atoms with Gasteiger partial charge in [-0.3, -0.25) is 9.59 Å². The number of ether oxygens (including phenoxy) is 1. The van der Waals surface area contributed by atoms with E-state index < -0.39 is 0 Å². The third kappa shape index (κ3) is 5.48. The van der Waals surface area contributed by atoms with Crippen LogP contribution in [0.1, 0.15) is 32.3 Å². The largest absolute Gasteiger partial charge is 0.488 e. The summed E-state index contributed by atoms with van der Waals surface area (Å²) in [4.78, 5) is 29.0. The summed E-state index contributed by atoms with van der Waals surface area (Å²) in [7, 11) is 4.00. The van der Waals surface area contributed by atoms with Gasteiger partial charge in [-0.15, -0.1) is 0 Å². The Bertz CT molecular complexity index is 748. The van der Waals surface area contributed by atoms with E-state index in [1.165, 1.54) is 0 Å². The third-order valence-corrected chi connectivity index (χ3v) is 5.68. The topological polar surface area (TPSA) is 82.1 Å². The molecule has 1 aromatic carbocycles. The molecule has 3 rings (SSSR count). The predicted molar refractivity (Wildman–Crippen MR) is 112 cm³/mol. The zero-order valence-corrected chi connectivity index (χ0v) is 17.9. The van der Waals surface area contributed by atoms with Crippen LogP contribution in [-0.2, 0) is 16.0 Å². The summed E-state index contributed by atoms with van der Waals surface area (Å²) >= 11 is 0. The Balaban J connectivity index is 1.91. The molecule has 0 radical (unpaired) electrons. The van der Waals surface area contributed by atoms with Gasteiger partial charge in [-0.1, -0.05) is 6.92 Å². The minimum absolute atomic E-state index is 0.0369. The van der Waals surface area contributed by atoms with E-state index in [1.807, 2.05) is 39.2 Å². The van der Waals surface area contributed by atoms with Crippen LogP contribution in [0.2, 0.25) is 0 Å². The maximum atomic E-state index is 13.1. The molecular formula is C22H33N3O4.